The molecule has 0 unspecified atom stereocenters. The van der Waals surface area contributed by atoms with Crippen LogP contribution in [0.5, 0.6) is 0 Å². The van der Waals surface area contributed by atoms with Crippen molar-refractivity contribution < 1.29 is 48.2 Å². The monoisotopic (exact) mass is 620 g/mol. The molecule has 4 aliphatic rings. The summed E-state index contributed by atoms with van der Waals surface area (Å²) >= 11 is 0. The van der Waals surface area contributed by atoms with Crippen molar-refractivity contribution >= 4 is 11.9 Å². The second kappa shape index (κ2) is 16.6. The number of hydrogen-bond donors (Lipinski definition) is 2. The molecule has 0 amide bonds. The van der Waals surface area contributed by atoms with E-state index in [1.807, 2.05) is 13.8 Å². The van der Waals surface area contributed by atoms with E-state index in [1.165, 1.54) is 20.3 Å². The molecule has 4 rings (SSSR count). The first-order chi connectivity index (χ1) is 21.0. The molecule has 4 fully saturated rings. The van der Waals surface area contributed by atoms with E-state index in [0.29, 0.717) is 38.5 Å². The smallest absolute Gasteiger partial charge is 0.330 e. The molecular formula is C32H48N2O10. The molecule has 246 valence electrons. The summed E-state index contributed by atoms with van der Waals surface area (Å²) in [5.41, 5.74) is -1.40. The van der Waals surface area contributed by atoms with E-state index in [2.05, 4.69) is 19.2 Å². The summed E-state index contributed by atoms with van der Waals surface area (Å²) in [4.78, 5) is 29.4. The predicted molar refractivity (Wildman–Crippen MR) is 158 cm³/mol. The summed E-state index contributed by atoms with van der Waals surface area (Å²) in [6.07, 6.45) is 8.92. The SMILES string of the molecule is [C-]#[N+][C@H](C)C[C@H]1CC[C@@H]2O[C@@H](/C=C/C(=O)OC)C[C@]2(CO)O1.[C-]#[N+][C@H](C)C[C@H]1CC[C@@H]2O[C@@H](CCC(=O)OC)C[C@]2(CO)O1. The molecule has 12 nitrogen and oxygen atoms in total. The zero-order chi connectivity index (χ0) is 32.3. The first-order valence-corrected chi connectivity index (χ1v) is 15.5. The Morgan fingerprint density at radius 1 is 0.864 bits per heavy atom. The fourth-order valence-corrected chi connectivity index (χ4v) is 6.67. The standard InChI is InChI=1S/C16H25NO5.C16H23NO5/c2*1-11(17-2)8-12-4-6-14-16(10-18,22-12)9-13(21-14)5-7-15(19)20-3/h11-14,18H,4-10H2,1,3H3;5,7,11-14,18H,4,6,8-10H2,1,3H3/b;7-5+/t2*11-,12-,13+,14+,16-/m11/s1. The maximum absolute atomic E-state index is 11.3. The number of hydrogen-bond acceptors (Lipinski definition) is 10. The number of nitrogens with zero attached hydrogens (tertiary/aromatic N) is 2. The molecule has 4 aliphatic heterocycles. The van der Waals surface area contributed by atoms with Crippen LogP contribution in [-0.4, -0.2) is 109 Å². The lowest BCUT2D eigenvalue weighted by Crippen LogP contribution is -2.51. The predicted octanol–water partition coefficient (Wildman–Crippen LogP) is 3.19. The fourth-order valence-electron chi connectivity index (χ4n) is 6.67. The molecule has 0 aromatic carbocycles. The number of carbonyl (C=O) groups is 2. The number of ether oxygens (including phenoxy) is 6. The van der Waals surface area contributed by atoms with Crippen LogP contribution in [0.1, 0.15) is 78.1 Å². The van der Waals surface area contributed by atoms with Crippen LogP contribution in [0.15, 0.2) is 12.2 Å². The maximum Gasteiger partial charge on any atom is 0.330 e. The van der Waals surface area contributed by atoms with Crippen molar-refractivity contribution in [2.75, 3.05) is 27.4 Å². The van der Waals surface area contributed by atoms with E-state index in [9.17, 15) is 19.8 Å². The third-order valence-corrected chi connectivity index (χ3v) is 9.02. The first kappa shape index (κ1) is 35.9. The van der Waals surface area contributed by atoms with Gasteiger partial charge >= 0.3 is 11.9 Å². The summed E-state index contributed by atoms with van der Waals surface area (Å²) in [7, 11) is 2.70. The molecule has 0 aliphatic carbocycles. The van der Waals surface area contributed by atoms with E-state index in [1.54, 1.807) is 6.08 Å². The second-order valence-electron chi connectivity index (χ2n) is 12.3. The quantitative estimate of drug-likeness (QED) is 0.201. The average Bonchev–Trinajstić information content (AvgIpc) is 3.60. The molecule has 0 saturated carbocycles. The number of fused-ring (bicyclic) bond motifs is 2. The summed E-state index contributed by atoms with van der Waals surface area (Å²) in [5.74, 6) is -0.678. The summed E-state index contributed by atoms with van der Waals surface area (Å²) in [5, 5.41) is 19.7. The fraction of sp³-hybridized carbons (Fsp3) is 0.812. The zero-order valence-electron chi connectivity index (χ0n) is 26.3. The van der Waals surface area contributed by atoms with Crippen molar-refractivity contribution in [3.8, 4) is 0 Å². The van der Waals surface area contributed by atoms with E-state index in [0.717, 1.165) is 25.7 Å². The Labute approximate surface area is 260 Å². The Hall–Kier alpha value is -2.58. The number of esters is 2. The normalized spacial score (nSPS) is 35.6. The van der Waals surface area contributed by atoms with Gasteiger partial charge in [-0.25, -0.2) is 17.9 Å². The van der Waals surface area contributed by atoms with Gasteiger partial charge in [-0.15, -0.1) is 0 Å². The van der Waals surface area contributed by atoms with Gasteiger partial charge in [-0.2, -0.15) is 0 Å². The van der Waals surface area contributed by atoms with Crippen LogP contribution in [0, 0.1) is 13.1 Å². The number of aliphatic hydroxyl groups is 2. The lowest BCUT2D eigenvalue weighted by Gasteiger charge is -2.40. The Bertz CT molecular complexity index is 1070. The van der Waals surface area contributed by atoms with E-state index >= 15 is 0 Å². The van der Waals surface area contributed by atoms with Gasteiger partial charge in [0.15, 0.2) is 0 Å². The Morgan fingerprint density at radius 2 is 1.41 bits per heavy atom. The molecule has 0 radical (unpaired) electrons. The van der Waals surface area contributed by atoms with E-state index in [4.69, 9.17) is 32.1 Å². The van der Waals surface area contributed by atoms with Gasteiger partial charge in [0, 0.05) is 52.0 Å². The van der Waals surface area contributed by atoms with Crippen LogP contribution >= 0.6 is 0 Å². The summed E-state index contributed by atoms with van der Waals surface area (Å²) in [6.45, 7) is 17.7. The molecule has 10 atom stereocenters. The highest BCUT2D eigenvalue weighted by molar-refractivity contribution is 5.81. The molecule has 0 aromatic rings. The van der Waals surface area contributed by atoms with Crippen molar-refractivity contribution in [2.45, 2.75) is 138 Å². The van der Waals surface area contributed by atoms with Crippen molar-refractivity contribution in [1.82, 2.24) is 0 Å². The molecule has 0 bridgehead atoms. The van der Waals surface area contributed by atoms with Gasteiger partial charge < -0.3 is 48.3 Å². The lowest BCUT2D eigenvalue weighted by atomic mass is 9.85. The van der Waals surface area contributed by atoms with Crippen LogP contribution in [0.25, 0.3) is 9.69 Å². The molecule has 44 heavy (non-hydrogen) atoms. The van der Waals surface area contributed by atoms with Gasteiger partial charge in [0.2, 0.25) is 12.1 Å². The Kier molecular flexibility index (Phi) is 13.6. The third kappa shape index (κ3) is 9.23. The number of aliphatic hydroxyl groups excluding tert-OH is 2. The molecule has 12 heteroatoms. The van der Waals surface area contributed by atoms with Gasteiger partial charge in [0.1, 0.15) is 11.2 Å². The largest absolute Gasteiger partial charge is 0.469 e. The summed E-state index contributed by atoms with van der Waals surface area (Å²) < 4.78 is 33.4. The van der Waals surface area contributed by atoms with E-state index in [-0.39, 0.29) is 67.9 Å². The van der Waals surface area contributed by atoms with Crippen molar-refractivity contribution in [2.24, 2.45) is 0 Å². The number of rotatable bonds is 11. The molecule has 0 spiro atoms. The second-order valence-corrected chi connectivity index (χ2v) is 12.3. The number of carbonyl (C=O) groups excluding carboxylic acids is 2. The highest BCUT2D eigenvalue weighted by Gasteiger charge is 2.54. The minimum absolute atomic E-state index is 0.00421. The minimum Gasteiger partial charge on any atom is -0.469 e. The van der Waals surface area contributed by atoms with Crippen LogP contribution in [0.3, 0.4) is 0 Å². The first-order valence-electron chi connectivity index (χ1n) is 15.5. The van der Waals surface area contributed by atoms with Gasteiger partial charge in [-0.05, 0) is 38.2 Å². The van der Waals surface area contributed by atoms with Crippen molar-refractivity contribution in [3.63, 3.8) is 0 Å². The molecule has 0 aromatic heterocycles. The molecule has 4 saturated heterocycles. The molecule has 2 N–H and O–H groups in total. The van der Waals surface area contributed by atoms with Gasteiger partial charge in [0.05, 0.1) is 64.1 Å². The van der Waals surface area contributed by atoms with Crippen LogP contribution in [0.2, 0.25) is 0 Å². The van der Waals surface area contributed by atoms with Crippen LogP contribution in [0.4, 0.5) is 0 Å². The Morgan fingerprint density at radius 3 is 1.91 bits per heavy atom. The van der Waals surface area contributed by atoms with Crippen LogP contribution < -0.4 is 0 Å². The zero-order valence-corrected chi connectivity index (χ0v) is 26.3. The maximum atomic E-state index is 11.3. The van der Waals surface area contributed by atoms with Crippen molar-refractivity contribution in [1.29, 1.82) is 0 Å². The third-order valence-electron chi connectivity index (χ3n) is 9.02. The highest BCUT2D eigenvalue weighted by atomic mass is 16.6. The topological polar surface area (TPSA) is 139 Å². The van der Waals surface area contributed by atoms with Crippen molar-refractivity contribution in [3.05, 3.63) is 35.0 Å². The van der Waals surface area contributed by atoms with Crippen LogP contribution in [-0.2, 0) is 38.0 Å². The Balaban J connectivity index is 0.000000240. The average molecular weight is 621 g/mol. The number of methoxy groups -OCH3 is 2. The summed E-state index contributed by atoms with van der Waals surface area (Å²) in [6, 6.07) is -0.163. The van der Waals surface area contributed by atoms with Gasteiger partial charge in [-0.3, -0.25) is 4.79 Å². The molecular weight excluding hydrogens is 572 g/mol. The van der Waals surface area contributed by atoms with E-state index < -0.39 is 17.2 Å². The van der Waals surface area contributed by atoms with Gasteiger partial charge in [-0.1, -0.05) is 0 Å². The highest BCUT2D eigenvalue weighted by Crippen LogP contribution is 2.44. The minimum atomic E-state index is -0.726. The van der Waals surface area contributed by atoms with Gasteiger partial charge in [0.25, 0.3) is 0 Å². The molecule has 4 heterocycles. The lowest BCUT2D eigenvalue weighted by molar-refractivity contribution is -0.184.